The van der Waals surface area contributed by atoms with Gasteiger partial charge in [0.1, 0.15) is 0 Å². The van der Waals surface area contributed by atoms with Gasteiger partial charge in [0.25, 0.3) is 0 Å². The number of aromatic nitrogens is 1. The van der Waals surface area contributed by atoms with Crippen LogP contribution in [-0.2, 0) is 16.0 Å². The van der Waals surface area contributed by atoms with Crippen LogP contribution < -0.4 is 5.32 Å². The van der Waals surface area contributed by atoms with Gasteiger partial charge in [-0.05, 0) is 38.3 Å². The molecule has 2 rings (SSSR count). The normalized spacial score (nSPS) is 21.5. The molecule has 0 spiro atoms. The first-order valence-electron chi connectivity index (χ1n) is 7.13. The molecule has 1 saturated heterocycles. The van der Waals surface area contributed by atoms with E-state index in [0.29, 0.717) is 25.3 Å². The highest BCUT2D eigenvalue weighted by atomic mass is 35.5. The maximum absolute atomic E-state index is 11.9. The van der Waals surface area contributed by atoms with Gasteiger partial charge in [-0.25, -0.2) is 0 Å². The third-order valence-electron chi connectivity index (χ3n) is 3.80. The molecule has 0 saturated carbocycles. The van der Waals surface area contributed by atoms with Crippen molar-refractivity contribution in [2.24, 2.45) is 5.92 Å². The predicted octanol–water partition coefficient (Wildman–Crippen LogP) is 2.67. The lowest BCUT2D eigenvalue weighted by atomic mass is 9.97. The summed E-state index contributed by atoms with van der Waals surface area (Å²) >= 11 is 5.88. The van der Waals surface area contributed by atoms with Crippen molar-refractivity contribution >= 4 is 17.5 Å². The van der Waals surface area contributed by atoms with Crippen molar-refractivity contribution in [2.75, 3.05) is 13.2 Å². The Balaban J connectivity index is 1.76. The molecule has 1 aliphatic rings. The van der Waals surface area contributed by atoms with Crippen molar-refractivity contribution in [1.29, 1.82) is 0 Å². The van der Waals surface area contributed by atoms with E-state index in [0.717, 1.165) is 29.9 Å². The number of nitrogens with one attached hydrogen (secondary N) is 1. The van der Waals surface area contributed by atoms with Gasteiger partial charge in [-0.15, -0.1) is 0 Å². The van der Waals surface area contributed by atoms with Gasteiger partial charge in [0, 0.05) is 31.1 Å². The first-order valence-corrected chi connectivity index (χ1v) is 7.51. The monoisotopic (exact) mass is 312 g/mol. The molecule has 6 heteroatoms. The summed E-state index contributed by atoms with van der Waals surface area (Å²) in [7, 11) is 0. The summed E-state index contributed by atoms with van der Waals surface area (Å²) in [5.74, 6) is 0.311. The van der Waals surface area contributed by atoms with Crippen LogP contribution in [0.2, 0.25) is 5.22 Å². The van der Waals surface area contributed by atoms with Crippen LogP contribution in [0.15, 0.2) is 16.7 Å². The summed E-state index contributed by atoms with van der Waals surface area (Å²) in [5, 5.41) is 6.99. The van der Waals surface area contributed by atoms with Crippen LogP contribution >= 0.6 is 11.6 Å². The zero-order chi connectivity index (χ0) is 15.4. The maximum atomic E-state index is 11.9. The van der Waals surface area contributed by atoms with Crippen LogP contribution in [0.5, 0.6) is 0 Å². The van der Waals surface area contributed by atoms with Crippen molar-refractivity contribution in [1.82, 2.24) is 10.5 Å². The Morgan fingerprint density at radius 3 is 2.95 bits per heavy atom. The number of aryl methyl sites for hydroxylation is 1. The molecular weight excluding hydrogens is 292 g/mol. The molecule has 0 radical (unpaired) electrons. The molecule has 2 unspecified atom stereocenters. The van der Waals surface area contributed by atoms with Gasteiger partial charge in [0.2, 0.25) is 11.1 Å². The Bertz CT molecular complexity index is 507. The van der Waals surface area contributed by atoms with Crippen LogP contribution in [0.1, 0.15) is 31.0 Å². The maximum Gasteiger partial charge on any atom is 0.229 e. The molecule has 5 nitrogen and oxygen atoms in total. The zero-order valence-corrected chi connectivity index (χ0v) is 13.2. The third-order valence-corrected chi connectivity index (χ3v) is 4.10. The van der Waals surface area contributed by atoms with E-state index < -0.39 is 0 Å². The van der Waals surface area contributed by atoms with Crippen LogP contribution in [-0.4, -0.2) is 30.3 Å². The molecule has 21 heavy (non-hydrogen) atoms. The number of halogens is 1. The minimum Gasteiger partial charge on any atom is -0.374 e. The number of carbonyl (C=O) groups excluding carboxylic acids is 1. The number of ether oxygens (including phenoxy) is 1. The molecular formula is C15H21ClN2O3. The molecule has 1 aliphatic heterocycles. The van der Waals surface area contributed by atoms with Crippen LogP contribution in [0, 0.1) is 12.8 Å². The van der Waals surface area contributed by atoms with Gasteiger partial charge in [-0.1, -0.05) is 17.3 Å². The quantitative estimate of drug-likeness (QED) is 0.820. The number of amides is 1. The number of nitrogens with zero attached hydrogens (tertiary/aromatic N) is 1. The fourth-order valence-corrected chi connectivity index (χ4v) is 2.87. The van der Waals surface area contributed by atoms with E-state index in [1.54, 1.807) is 0 Å². The standard InChI is InChI=1S/C15H21ClN2O3/c1-9(2)14-11(6-7-20-14)8-17-13(19)5-4-12-10(3)18-21-15(12)16/h11,14H,1,4-8H2,2-3H3,(H,17,19). The van der Waals surface area contributed by atoms with Crippen molar-refractivity contribution in [2.45, 2.75) is 39.2 Å². The van der Waals surface area contributed by atoms with E-state index in [1.165, 1.54) is 0 Å². The summed E-state index contributed by atoms with van der Waals surface area (Å²) in [6, 6.07) is 0. The highest BCUT2D eigenvalue weighted by molar-refractivity contribution is 6.29. The lowest BCUT2D eigenvalue weighted by molar-refractivity contribution is -0.121. The van der Waals surface area contributed by atoms with Crippen LogP contribution in [0.25, 0.3) is 0 Å². The second-order valence-corrected chi connectivity index (χ2v) is 5.85. The molecule has 1 aromatic heterocycles. The van der Waals surface area contributed by atoms with Gasteiger partial charge in [0.15, 0.2) is 0 Å². The molecule has 2 atom stereocenters. The summed E-state index contributed by atoms with van der Waals surface area (Å²) in [6.07, 6.45) is 1.91. The minimum absolute atomic E-state index is 0.000896. The summed E-state index contributed by atoms with van der Waals surface area (Å²) in [4.78, 5) is 11.9. The van der Waals surface area contributed by atoms with E-state index in [4.69, 9.17) is 20.9 Å². The molecule has 1 aromatic rings. The Kier molecular flexibility index (Phi) is 5.42. The van der Waals surface area contributed by atoms with Crippen molar-refractivity contribution in [3.63, 3.8) is 0 Å². The Morgan fingerprint density at radius 1 is 1.57 bits per heavy atom. The summed E-state index contributed by atoms with van der Waals surface area (Å²) in [5.41, 5.74) is 2.55. The zero-order valence-electron chi connectivity index (χ0n) is 12.4. The molecule has 116 valence electrons. The predicted molar refractivity (Wildman–Crippen MR) is 80.2 cm³/mol. The second kappa shape index (κ2) is 7.09. The summed E-state index contributed by atoms with van der Waals surface area (Å²) in [6.45, 7) is 9.06. The van der Waals surface area contributed by atoms with Crippen LogP contribution in [0.4, 0.5) is 0 Å². The highest BCUT2D eigenvalue weighted by Gasteiger charge is 2.28. The fraction of sp³-hybridized carbons (Fsp3) is 0.600. The lowest BCUT2D eigenvalue weighted by Crippen LogP contribution is -2.33. The number of carbonyl (C=O) groups is 1. The summed E-state index contributed by atoms with van der Waals surface area (Å²) < 4.78 is 10.5. The molecule has 1 N–H and O–H groups in total. The van der Waals surface area contributed by atoms with Crippen molar-refractivity contribution < 1.29 is 14.1 Å². The SMILES string of the molecule is C=C(C)C1OCCC1CNC(=O)CCc1c(C)noc1Cl. The van der Waals surface area contributed by atoms with Gasteiger partial charge < -0.3 is 14.6 Å². The van der Waals surface area contributed by atoms with E-state index in [9.17, 15) is 4.79 Å². The highest BCUT2D eigenvalue weighted by Crippen LogP contribution is 2.25. The molecule has 1 amide bonds. The molecule has 0 bridgehead atoms. The van der Waals surface area contributed by atoms with Crippen molar-refractivity contribution in [3.05, 3.63) is 28.6 Å². The molecule has 2 heterocycles. The minimum atomic E-state index is -0.000896. The Hall–Kier alpha value is -1.33. The van der Waals surface area contributed by atoms with E-state index in [-0.39, 0.29) is 17.2 Å². The van der Waals surface area contributed by atoms with E-state index in [1.807, 2.05) is 13.8 Å². The molecule has 1 fully saturated rings. The van der Waals surface area contributed by atoms with E-state index >= 15 is 0 Å². The van der Waals surface area contributed by atoms with Gasteiger partial charge in [-0.3, -0.25) is 4.79 Å². The first-order chi connectivity index (χ1) is 9.99. The van der Waals surface area contributed by atoms with Gasteiger partial charge in [-0.2, -0.15) is 0 Å². The molecule has 0 aliphatic carbocycles. The van der Waals surface area contributed by atoms with Crippen LogP contribution in [0.3, 0.4) is 0 Å². The van der Waals surface area contributed by atoms with Gasteiger partial charge in [0.05, 0.1) is 11.8 Å². The molecule has 0 aromatic carbocycles. The number of hydrogen-bond donors (Lipinski definition) is 1. The lowest BCUT2D eigenvalue weighted by Gasteiger charge is -2.18. The third kappa shape index (κ3) is 4.08. The Morgan fingerprint density at radius 2 is 2.33 bits per heavy atom. The smallest absolute Gasteiger partial charge is 0.229 e. The first kappa shape index (κ1) is 16.0. The largest absolute Gasteiger partial charge is 0.374 e. The average Bonchev–Trinajstić information content (AvgIpc) is 3.02. The number of rotatable bonds is 6. The second-order valence-electron chi connectivity index (χ2n) is 5.51. The van der Waals surface area contributed by atoms with Gasteiger partial charge >= 0.3 is 0 Å². The topological polar surface area (TPSA) is 64.4 Å². The average molecular weight is 313 g/mol. The Labute approximate surface area is 129 Å². The van der Waals surface area contributed by atoms with E-state index in [2.05, 4.69) is 17.1 Å². The number of hydrogen-bond acceptors (Lipinski definition) is 4. The van der Waals surface area contributed by atoms with Crippen molar-refractivity contribution in [3.8, 4) is 0 Å². The fourth-order valence-electron chi connectivity index (χ4n) is 2.60.